The van der Waals surface area contributed by atoms with Crippen LogP contribution in [-0.4, -0.2) is 45.6 Å². The van der Waals surface area contributed by atoms with Gasteiger partial charge in [0, 0.05) is 43.6 Å². The van der Waals surface area contributed by atoms with Crippen molar-refractivity contribution < 1.29 is 4.79 Å². The van der Waals surface area contributed by atoms with Crippen LogP contribution >= 0.6 is 11.8 Å². The van der Waals surface area contributed by atoms with Gasteiger partial charge in [0.2, 0.25) is 5.91 Å². The number of hydrogen-bond donors (Lipinski definition) is 0. The Hall–Kier alpha value is -3.31. The fraction of sp³-hybridized carbons (Fsp3) is 0.385. The summed E-state index contributed by atoms with van der Waals surface area (Å²) in [6.45, 7) is 10.4. The van der Waals surface area contributed by atoms with E-state index in [4.69, 9.17) is 5.26 Å². The molecule has 0 aliphatic carbocycles. The quantitative estimate of drug-likeness (QED) is 0.381. The van der Waals surface area contributed by atoms with Gasteiger partial charge in [-0.05, 0) is 64.1 Å². The third-order valence-electron chi connectivity index (χ3n) is 5.78. The van der Waals surface area contributed by atoms with Crippen LogP contribution in [0.25, 0.3) is 11.4 Å². The SMILES string of the molecule is CCN(CC)c1ccc(-c2nnc(SC(C)C(=O)N(CCC#N)c3ccc(C)cc3)n2C)cc1. The van der Waals surface area contributed by atoms with Gasteiger partial charge >= 0.3 is 0 Å². The maximum absolute atomic E-state index is 13.3. The third kappa shape index (κ3) is 5.78. The topological polar surface area (TPSA) is 78.1 Å². The molecular weight excluding hydrogens is 444 g/mol. The first-order valence-electron chi connectivity index (χ1n) is 11.6. The number of rotatable bonds is 10. The van der Waals surface area contributed by atoms with Crippen molar-refractivity contribution in [2.45, 2.75) is 44.5 Å². The molecule has 2 aromatic carbocycles. The Kier molecular flexibility index (Phi) is 8.72. The van der Waals surface area contributed by atoms with Crippen molar-refractivity contribution in [2.75, 3.05) is 29.4 Å². The van der Waals surface area contributed by atoms with E-state index in [0.29, 0.717) is 11.7 Å². The number of anilines is 2. The summed E-state index contributed by atoms with van der Waals surface area (Å²) in [6.07, 6.45) is 0.272. The molecule has 0 saturated carbocycles. The van der Waals surface area contributed by atoms with Gasteiger partial charge < -0.3 is 14.4 Å². The highest BCUT2D eigenvalue weighted by molar-refractivity contribution is 8.00. The summed E-state index contributed by atoms with van der Waals surface area (Å²) < 4.78 is 1.92. The molecule has 0 aliphatic heterocycles. The van der Waals surface area contributed by atoms with Gasteiger partial charge in [-0.3, -0.25) is 4.79 Å². The number of carbonyl (C=O) groups excluding carboxylic acids is 1. The number of aryl methyl sites for hydroxylation is 1. The Bertz CT molecular complexity index is 1130. The van der Waals surface area contributed by atoms with E-state index in [9.17, 15) is 4.79 Å². The largest absolute Gasteiger partial charge is 0.372 e. The molecule has 8 heteroatoms. The number of nitriles is 1. The highest BCUT2D eigenvalue weighted by Crippen LogP contribution is 2.29. The highest BCUT2D eigenvalue weighted by Gasteiger charge is 2.25. The Labute approximate surface area is 206 Å². The van der Waals surface area contributed by atoms with E-state index >= 15 is 0 Å². The first kappa shape index (κ1) is 25.3. The fourth-order valence-corrected chi connectivity index (χ4v) is 4.64. The first-order valence-corrected chi connectivity index (χ1v) is 12.4. The maximum atomic E-state index is 13.3. The van der Waals surface area contributed by atoms with Crippen molar-refractivity contribution in [3.63, 3.8) is 0 Å². The summed E-state index contributed by atoms with van der Waals surface area (Å²) in [6, 6.07) is 18.2. The highest BCUT2D eigenvalue weighted by atomic mass is 32.2. The molecule has 1 unspecified atom stereocenters. The molecule has 0 N–H and O–H groups in total. The van der Waals surface area contributed by atoms with Gasteiger partial charge in [-0.2, -0.15) is 5.26 Å². The molecule has 0 radical (unpaired) electrons. The molecule has 1 atom stereocenters. The number of carbonyl (C=O) groups is 1. The summed E-state index contributed by atoms with van der Waals surface area (Å²) >= 11 is 1.38. The molecule has 34 heavy (non-hydrogen) atoms. The predicted octanol–water partition coefficient (Wildman–Crippen LogP) is 5.06. The number of thioether (sulfide) groups is 1. The van der Waals surface area contributed by atoms with Crippen molar-refractivity contribution in [3.05, 3.63) is 54.1 Å². The Morgan fingerprint density at radius 2 is 1.68 bits per heavy atom. The summed E-state index contributed by atoms with van der Waals surface area (Å²) in [5.74, 6) is 0.699. The van der Waals surface area contributed by atoms with Crippen molar-refractivity contribution in [2.24, 2.45) is 7.05 Å². The van der Waals surface area contributed by atoms with Crippen LogP contribution in [0.4, 0.5) is 11.4 Å². The van der Waals surface area contributed by atoms with Crippen molar-refractivity contribution >= 4 is 29.0 Å². The van der Waals surface area contributed by atoms with Crippen LogP contribution in [0.1, 0.15) is 32.8 Å². The van der Waals surface area contributed by atoms with Crippen LogP contribution in [-0.2, 0) is 11.8 Å². The molecule has 7 nitrogen and oxygen atoms in total. The average Bonchev–Trinajstić information content (AvgIpc) is 3.21. The van der Waals surface area contributed by atoms with Gasteiger partial charge in [0.05, 0.1) is 17.7 Å². The molecule has 1 heterocycles. The lowest BCUT2D eigenvalue weighted by Gasteiger charge is -2.25. The molecule has 1 aromatic heterocycles. The van der Waals surface area contributed by atoms with E-state index in [-0.39, 0.29) is 17.6 Å². The van der Waals surface area contributed by atoms with E-state index < -0.39 is 0 Å². The van der Waals surface area contributed by atoms with Crippen LogP contribution in [0, 0.1) is 18.3 Å². The van der Waals surface area contributed by atoms with E-state index in [2.05, 4.69) is 59.3 Å². The van der Waals surface area contributed by atoms with Crippen molar-refractivity contribution in [3.8, 4) is 17.5 Å². The second-order valence-electron chi connectivity index (χ2n) is 8.08. The van der Waals surface area contributed by atoms with Gasteiger partial charge in [-0.1, -0.05) is 29.5 Å². The van der Waals surface area contributed by atoms with Gasteiger partial charge in [0.25, 0.3) is 0 Å². The molecular formula is C26H32N6OS. The summed E-state index contributed by atoms with van der Waals surface area (Å²) in [5.41, 5.74) is 4.08. The van der Waals surface area contributed by atoms with Gasteiger partial charge in [-0.25, -0.2) is 0 Å². The molecule has 0 saturated heterocycles. The molecule has 1 amide bonds. The minimum Gasteiger partial charge on any atom is -0.372 e. The van der Waals surface area contributed by atoms with Gasteiger partial charge in [0.15, 0.2) is 11.0 Å². The van der Waals surface area contributed by atoms with Gasteiger partial charge in [-0.15, -0.1) is 10.2 Å². The summed E-state index contributed by atoms with van der Waals surface area (Å²) in [5, 5.41) is 18.1. The Balaban J connectivity index is 1.76. The monoisotopic (exact) mass is 476 g/mol. The molecule has 0 bridgehead atoms. The number of aromatic nitrogens is 3. The van der Waals surface area contributed by atoms with Crippen LogP contribution < -0.4 is 9.80 Å². The summed E-state index contributed by atoms with van der Waals surface area (Å²) in [7, 11) is 1.92. The standard InChI is InChI=1S/C26H32N6OS/c1-6-31(7-2)22-15-11-21(12-16-22)24-28-29-26(30(24)5)34-20(4)25(33)32(18-8-17-27)23-13-9-19(3)10-14-23/h9-16,20H,6-8,18H2,1-5H3. The van der Waals surface area contributed by atoms with E-state index in [1.807, 2.05) is 49.7 Å². The lowest BCUT2D eigenvalue weighted by molar-refractivity contribution is -0.117. The molecule has 3 aromatic rings. The zero-order chi connectivity index (χ0) is 24.7. The number of benzene rings is 2. The smallest absolute Gasteiger partial charge is 0.240 e. The van der Waals surface area contributed by atoms with Crippen LogP contribution in [0.3, 0.4) is 0 Å². The van der Waals surface area contributed by atoms with Crippen molar-refractivity contribution in [1.29, 1.82) is 5.26 Å². The van der Waals surface area contributed by atoms with E-state index in [1.54, 1.807) is 4.90 Å². The normalized spacial score (nSPS) is 11.6. The van der Waals surface area contributed by atoms with Crippen LogP contribution in [0.15, 0.2) is 53.7 Å². The minimum absolute atomic E-state index is 0.0581. The zero-order valence-electron chi connectivity index (χ0n) is 20.5. The molecule has 178 valence electrons. The van der Waals surface area contributed by atoms with Crippen LogP contribution in [0.5, 0.6) is 0 Å². The third-order valence-corrected chi connectivity index (χ3v) is 6.90. The van der Waals surface area contributed by atoms with Crippen LogP contribution in [0.2, 0.25) is 0 Å². The first-order chi connectivity index (χ1) is 16.4. The second kappa shape index (κ2) is 11.7. The van der Waals surface area contributed by atoms with Crippen molar-refractivity contribution in [1.82, 2.24) is 14.8 Å². The molecule has 0 spiro atoms. The number of hydrogen-bond acceptors (Lipinski definition) is 6. The second-order valence-corrected chi connectivity index (χ2v) is 9.39. The Morgan fingerprint density at radius 1 is 1.06 bits per heavy atom. The number of amides is 1. The Morgan fingerprint density at radius 3 is 2.26 bits per heavy atom. The van der Waals surface area contributed by atoms with Gasteiger partial charge in [0.1, 0.15) is 0 Å². The van der Waals surface area contributed by atoms with E-state index in [0.717, 1.165) is 35.7 Å². The maximum Gasteiger partial charge on any atom is 0.240 e. The lowest BCUT2D eigenvalue weighted by atomic mass is 10.2. The lowest BCUT2D eigenvalue weighted by Crippen LogP contribution is -2.37. The predicted molar refractivity (Wildman–Crippen MR) is 139 cm³/mol. The molecule has 0 fully saturated rings. The zero-order valence-corrected chi connectivity index (χ0v) is 21.3. The average molecular weight is 477 g/mol. The van der Waals surface area contributed by atoms with E-state index in [1.165, 1.54) is 17.4 Å². The molecule has 3 rings (SSSR count). The molecule has 0 aliphatic rings. The minimum atomic E-state index is -0.388. The number of nitrogens with zero attached hydrogens (tertiary/aromatic N) is 6. The summed E-state index contributed by atoms with van der Waals surface area (Å²) in [4.78, 5) is 17.3. The fourth-order valence-electron chi connectivity index (χ4n) is 3.76.